The van der Waals surface area contributed by atoms with Gasteiger partial charge in [0.25, 0.3) is 0 Å². The highest BCUT2D eigenvalue weighted by molar-refractivity contribution is 5.70. The largest absolute Gasteiger partial charge is 0.545 e. The summed E-state index contributed by atoms with van der Waals surface area (Å²) in [5.41, 5.74) is 0. The molecule has 9 nitrogen and oxygen atoms in total. The maximum absolute atomic E-state index is 12.9. The van der Waals surface area contributed by atoms with Gasteiger partial charge < -0.3 is 33.3 Å². The van der Waals surface area contributed by atoms with Gasteiger partial charge in [-0.25, -0.2) is 0 Å². The maximum Gasteiger partial charge on any atom is 0.306 e. The number of likely N-dealkylation sites (N-methyl/N-ethyl adjacent to an activating group) is 1. The number of carboxylic acid groups (broad SMARTS) is 1. The van der Waals surface area contributed by atoms with Crippen LogP contribution in [0.5, 0.6) is 0 Å². The predicted octanol–water partition coefficient (Wildman–Crippen LogP) is 18.5. The van der Waals surface area contributed by atoms with E-state index in [0.29, 0.717) is 17.4 Å². The normalized spacial score (nSPS) is 13.5. The number of rotatable bonds is 59. The fourth-order valence-corrected chi connectivity index (χ4v) is 8.82. The molecule has 0 aliphatic rings. The van der Waals surface area contributed by atoms with Crippen molar-refractivity contribution in [2.45, 2.75) is 277 Å². The first-order valence-electron chi connectivity index (χ1n) is 32.5. The molecule has 458 valence electrons. The number of esters is 2. The molecule has 2 unspecified atom stereocenters. The van der Waals surface area contributed by atoms with Crippen LogP contribution in [0.25, 0.3) is 0 Å². The van der Waals surface area contributed by atoms with Gasteiger partial charge in [0.05, 0.1) is 40.3 Å². The molecule has 0 amide bonds. The molecular formula is C71H121NO8. The standard InChI is InChI=1S/C71H121NO8/c1-6-8-10-12-14-16-18-20-22-24-26-28-29-30-31-32-33-34-35-36-37-38-39-40-41-42-44-46-48-50-52-54-56-58-60-62-69(74)80-67(66-79-71(70(75)76)77-64-63-72(3,4)5)65-78-68(73)61-59-57-55-53-51-49-47-45-43-27-25-23-21-19-17-15-13-11-9-7-2/h8,10,14,16,20,22,26,28,30-31,33-34,36-37,39-40,42,44,67,71H,6-7,9,11-13,15,17-19,21,23-25,27,29,32,35,38,41,43,45-66H2,1-5H3/b10-8-,16-14-,22-20-,28-26-,31-30-,34-33-,37-36-,40-39-,44-42-. The van der Waals surface area contributed by atoms with Crippen LogP contribution in [0, 0.1) is 0 Å². The number of carboxylic acids is 1. The molecule has 0 spiro atoms. The van der Waals surface area contributed by atoms with Crippen LogP contribution in [0.4, 0.5) is 0 Å². The molecule has 0 aromatic carbocycles. The van der Waals surface area contributed by atoms with Crippen molar-refractivity contribution in [3.63, 3.8) is 0 Å². The summed E-state index contributed by atoms with van der Waals surface area (Å²) in [5.74, 6) is -2.30. The van der Waals surface area contributed by atoms with Crippen molar-refractivity contribution in [1.82, 2.24) is 0 Å². The van der Waals surface area contributed by atoms with E-state index in [1.54, 1.807) is 0 Å². The Labute approximate surface area is 492 Å². The maximum atomic E-state index is 12.9. The fourth-order valence-electron chi connectivity index (χ4n) is 8.82. The molecule has 9 heteroatoms. The van der Waals surface area contributed by atoms with Crippen molar-refractivity contribution in [1.29, 1.82) is 0 Å². The zero-order chi connectivity index (χ0) is 58.3. The zero-order valence-electron chi connectivity index (χ0n) is 52.2. The average molecular weight is 1120 g/mol. The summed E-state index contributed by atoms with van der Waals surface area (Å²) in [4.78, 5) is 37.4. The van der Waals surface area contributed by atoms with E-state index in [1.165, 1.54) is 128 Å². The van der Waals surface area contributed by atoms with Crippen LogP contribution in [0.15, 0.2) is 109 Å². The second-order valence-electron chi connectivity index (χ2n) is 22.7. The highest BCUT2D eigenvalue weighted by atomic mass is 16.7. The van der Waals surface area contributed by atoms with Gasteiger partial charge in [-0.3, -0.25) is 9.59 Å². The molecule has 0 aliphatic heterocycles. The van der Waals surface area contributed by atoms with Crippen LogP contribution in [0.3, 0.4) is 0 Å². The molecule has 2 atom stereocenters. The first kappa shape index (κ1) is 76.0. The lowest BCUT2D eigenvalue weighted by Gasteiger charge is -2.26. The quantitative estimate of drug-likeness (QED) is 0.0195. The first-order valence-corrected chi connectivity index (χ1v) is 32.5. The van der Waals surface area contributed by atoms with Gasteiger partial charge in [-0.1, -0.05) is 277 Å². The van der Waals surface area contributed by atoms with Crippen LogP contribution in [0.2, 0.25) is 0 Å². The van der Waals surface area contributed by atoms with Crippen LogP contribution in [-0.2, 0) is 33.3 Å². The summed E-state index contributed by atoms with van der Waals surface area (Å²) in [6.45, 7) is 4.64. The SMILES string of the molecule is CC/C=C\C/C=C\C/C=C\C/C=C\C/C=C\C/C=C\C/C=C\C/C=C\C/C=C\CCCCCCCCCC(=O)OC(COC(=O)CCCCCCCCCCCCCCCCCCCCCC)COC(OCC[N+](C)(C)C)C(=O)[O-]. The second-order valence-corrected chi connectivity index (χ2v) is 22.7. The molecular weight excluding hydrogens is 995 g/mol. The first-order chi connectivity index (χ1) is 39.1. The number of aliphatic carboxylic acids is 1. The van der Waals surface area contributed by atoms with E-state index in [0.717, 1.165) is 103 Å². The number of hydrogen-bond donors (Lipinski definition) is 0. The summed E-state index contributed by atoms with van der Waals surface area (Å²) in [6.07, 6.45) is 81.5. The van der Waals surface area contributed by atoms with Gasteiger partial charge in [0.15, 0.2) is 12.4 Å². The number of allylic oxidation sites excluding steroid dienone is 18. The van der Waals surface area contributed by atoms with Crippen molar-refractivity contribution in [3.8, 4) is 0 Å². The Kier molecular flexibility index (Phi) is 57.9. The lowest BCUT2D eigenvalue weighted by atomic mass is 10.0. The summed E-state index contributed by atoms with van der Waals surface area (Å²) >= 11 is 0. The minimum atomic E-state index is -1.63. The van der Waals surface area contributed by atoms with Crippen LogP contribution in [-0.4, -0.2) is 82.3 Å². The van der Waals surface area contributed by atoms with Crippen molar-refractivity contribution in [3.05, 3.63) is 109 Å². The number of carbonyl (C=O) groups excluding carboxylic acids is 3. The van der Waals surface area contributed by atoms with Crippen molar-refractivity contribution >= 4 is 17.9 Å². The molecule has 80 heavy (non-hydrogen) atoms. The summed E-state index contributed by atoms with van der Waals surface area (Å²) in [7, 11) is 5.92. The highest BCUT2D eigenvalue weighted by Crippen LogP contribution is 2.17. The number of ether oxygens (including phenoxy) is 4. The van der Waals surface area contributed by atoms with E-state index in [-0.39, 0.29) is 38.6 Å². The van der Waals surface area contributed by atoms with E-state index < -0.39 is 24.3 Å². The summed E-state index contributed by atoms with van der Waals surface area (Å²) in [6, 6.07) is 0. The van der Waals surface area contributed by atoms with Crippen LogP contribution in [0.1, 0.15) is 264 Å². The number of hydrogen-bond acceptors (Lipinski definition) is 8. The fraction of sp³-hybridized carbons (Fsp3) is 0.704. The van der Waals surface area contributed by atoms with Gasteiger partial charge in [0, 0.05) is 12.8 Å². The molecule has 0 radical (unpaired) electrons. The Morgan fingerprint density at radius 3 is 1.06 bits per heavy atom. The summed E-state index contributed by atoms with van der Waals surface area (Å²) in [5, 5.41) is 11.8. The van der Waals surface area contributed by atoms with E-state index >= 15 is 0 Å². The zero-order valence-corrected chi connectivity index (χ0v) is 52.2. The molecule has 0 aliphatic carbocycles. The van der Waals surface area contributed by atoms with Crippen molar-refractivity contribution in [2.75, 3.05) is 47.5 Å². The third kappa shape index (κ3) is 61.6. The minimum Gasteiger partial charge on any atom is -0.545 e. The molecule has 0 aromatic rings. The van der Waals surface area contributed by atoms with E-state index in [1.807, 2.05) is 21.1 Å². The molecule has 0 saturated carbocycles. The van der Waals surface area contributed by atoms with Gasteiger partial charge >= 0.3 is 11.9 Å². The summed E-state index contributed by atoms with van der Waals surface area (Å²) < 4.78 is 22.7. The molecule has 0 fully saturated rings. The second kappa shape index (κ2) is 61.0. The Bertz CT molecular complexity index is 1680. The van der Waals surface area contributed by atoms with E-state index in [4.69, 9.17) is 18.9 Å². The number of nitrogens with zero attached hydrogens (tertiary/aromatic N) is 1. The molecule has 0 rings (SSSR count). The van der Waals surface area contributed by atoms with Crippen LogP contribution >= 0.6 is 0 Å². The molecule has 0 bridgehead atoms. The molecule has 0 N–H and O–H groups in total. The monoisotopic (exact) mass is 1120 g/mol. The predicted molar refractivity (Wildman–Crippen MR) is 338 cm³/mol. The third-order valence-electron chi connectivity index (χ3n) is 13.8. The van der Waals surface area contributed by atoms with Crippen LogP contribution < -0.4 is 5.11 Å². The van der Waals surface area contributed by atoms with Gasteiger partial charge in [-0.05, 0) is 83.5 Å². The highest BCUT2D eigenvalue weighted by Gasteiger charge is 2.22. The smallest absolute Gasteiger partial charge is 0.306 e. The number of quaternary nitrogens is 1. The number of unbranched alkanes of at least 4 members (excludes halogenated alkanes) is 26. The third-order valence-corrected chi connectivity index (χ3v) is 13.8. The Morgan fingerprint density at radius 2 is 0.713 bits per heavy atom. The Hall–Kier alpha value is -4.05. The lowest BCUT2D eigenvalue weighted by molar-refractivity contribution is -0.870. The van der Waals surface area contributed by atoms with Crippen molar-refractivity contribution < 1.29 is 42.9 Å². The minimum absolute atomic E-state index is 0.142. The number of carbonyl (C=O) groups is 3. The molecule has 0 heterocycles. The van der Waals surface area contributed by atoms with Gasteiger partial charge in [0.2, 0.25) is 0 Å². The molecule has 0 saturated heterocycles. The lowest BCUT2D eigenvalue weighted by Crippen LogP contribution is -2.44. The molecule has 0 aromatic heterocycles. The average Bonchev–Trinajstić information content (AvgIpc) is 3.43. The Balaban J connectivity index is 4.22. The van der Waals surface area contributed by atoms with E-state index in [2.05, 4.69) is 123 Å². The van der Waals surface area contributed by atoms with E-state index in [9.17, 15) is 19.5 Å². The van der Waals surface area contributed by atoms with Gasteiger partial charge in [-0.2, -0.15) is 0 Å². The van der Waals surface area contributed by atoms with Gasteiger partial charge in [0.1, 0.15) is 13.2 Å². The Morgan fingerprint density at radius 1 is 0.388 bits per heavy atom. The topological polar surface area (TPSA) is 111 Å². The van der Waals surface area contributed by atoms with Crippen molar-refractivity contribution in [2.24, 2.45) is 0 Å². The van der Waals surface area contributed by atoms with Gasteiger partial charge in [-0.15, -0.1) is 0 Å².